The second-order valence-corrected chi connectivity index (χ2v) is 6.53. The quantitative estimate of drug-likeness (QED) is 0.629. The number of nitrogens with zero attached hydrogens (tertiary/aromatic N) is 4. The first-order valence-corrected chi connectivity index (χ1v) is 9.00. The van der Waals surface area contributed by atoms with Crippen molar-refractivity contribution in [3.05, 3.63) is 30.0 Å². The second-order valence-electron chi connectivity index (χ2n) is 6.53. The van der Waals surface area contributed by atoms with Gasteiger partial charge in [-0.2, -0.15) is 10.1 Å². The Morgan fingerprint density at radius 2 is 1.89 bits per heavy atom. The number of hydrogen-bond donors (Lipinski definition) is 2. The SMILES string of the molecule is CC[C@@H](C)CNc1nc(N)nc2cn(Cc3c(OC)cccc3OC)nc12. The summed E-state index contributed by atoms with van der Waals surface area (Å²) in [5.74, 6) is 2.90. The minimum absolute atomic E-state index is 0.226. The molecule has 3 aromatic rings. The molecule has 8 nitrogen and oxygen atoms in total. The number of anilines is 2. The number of fused-ring (bicyclic) bond motifs is 1. The third-order valence-electron chi connectivity index (χ3n) is 4.59. The van der Waals surface area contributed by atoms with Crippen molar-refractivity contribution in [3.8, 4) is 11.5 Å². The summed E-state index contributed by atoms with van der Waals surface area (Å²) in [7, 11) is 3.28. The van der Waals surface area contributed by atoms with Crippen molar-refractivity contribution >= 4 is 22.8 Å². The van der Waals surface area contributed by atoms with E-state index in [2.05, 4.69) is 34.2 Å². The van der Waals surface area contributed by atoms with E-state index in [0.29, 0.717) is 29.3 Å². The van der Waals surface area contributed by atoms with Crippen molar-refractivity contribution in [2.75, 3.05) is 31.8 Å². The highest BCUT2D eigenvalue weighted by Gasteiger charge is 2.15. The molecule has 27 heavy (non-hydrogen) atoms. The molecular formula is C19H26N6O2. The number of aromatic nitrogens is 4. The summed E-state index contributed by atoms with van der Waals surface area (Å²) < 4.78 is 12.7. The van der Waals surface area contributed by atoms with Gasteiger partial charge in [-0.05, 0) is 18.1 Å². The fourth-order valence-electron chi connectivity index (χ4n) is 2.84. The lowest BCUT2D eigenvalue weighted by molar-refractivity contribution is 0.382. The molecular weight excluding hydrogens is 344 g/mol. The third kappa shape index (κ3) is 4.05. The fraction of sp³-hybridized carbons (Fsp3) is 0.421. The molecule has 3 N–H and O–H groups in total. The highest BCUT2D eigenvalue weighted by Crippen LogP contribution is 2.29. The summed E-state index contributed by atoms with van der Waals surface area (Å²) >= 11 is 0. The second kappa shape index (κ2) is 8.11. The van der Waals surface area contributed by atoms with Crippen LogP contribution in [0.1, 0.15) is 25.8 Å². The van der Waals surface area contributed by atoms with E-state index in [0.717, 1.165) is 30.0 Å². The average molecular weight is 370 g/mol. The predicted molar refractivity (Wildman–Crippen MR) is 106 cm³/mol. The summed E-state index contributed by atoms with van der Waals surface area (Å²) in [4.78, 5) is 8.64. The van der Waals surface area contributed by atoms with Crippen LogP contribution in [0.3, 0.4) is 0 Å². The van der Waals surface area contributed by atoms with Crippen LogP contribution in [-0.4, -0.2) is 40.5 Å². The number of nitrogens with one attached hydrogen (secondary N) is 1. The maximum Gasteiger partial charge on any atom is 0.222 e. The van der Waals surface area contributed by atoms with Crippen molar-refractivity contribution in [2.45, 2.75) is 26.8 Å². The van der Waals surface area contributed by atoms with E-state index in [1.165, 1.54) is 0 Å². The Hall–Kier alpha value is -3.03. The summed E-state index contributed by atoms with van der Waals surface area (Å²) in [6, 6.07) is 5.69. The molecule has 0 aliphatic rings. The van der Waals surface area contributed by atoms with Crippen LogP contribution in [0.5, 0.6) is 11.5 Å². The summed E-state index contributed by atoms with van der Waals surface area (Å²) in [5.41, 5.74) is 8.18. The van der Waals surface area contributed by atoms with Gasteiger partial charge < -0.3 is 20.5 Å². The third-order valence-corrected chi connectivity index (χ3v) is 4.59. The van der Waals surface area contributed by atoms with Gasteiger partial charge in [0, 0.05) is 6.54 Å². The number of nitrogens with two attached hydrogens (primary N) is 1. The molecule has 0 aliphatic carbocycles. The van der Waals surface area contributed by atoms with Crippen LogP contribution in [0.2, 0.25) is 0 Å². The van der Waals surface area contributed by atoms with Crippen LogP contribution < -0.4 is 20.5 Å². The highest BCUT2D eigenvalue weighted by molar-refractivity contribution is 5.85. The van der Waals surface area contributed by atoms with Crippen LogP contribution in [0, 0.1) is 5.92 Å². The first-order chi connectivity index (χ1) is 13.0. The van der Waals surface area contributed by atoms with Gasteiger partial charge in [0.05, 0.1) is 32.5 Å². The predicted octanol–water partition coefficient (Wildman–Crippen LogP) is 2.93. The molecule has 2 aromatic heterocycles. The zero-order valence-corrected chi connectivity index (χ0v) is 16.2. The number of benzene rings is 1. The molecule has 0 saturated heterocycles. The van der Waals surface area contributed by atoms with E-state index in [4.69, 9.17) is 15.2 Å². The van der Waals surface area contributed by atoms with E-state index >= 15 is 0 Å². The first-order valence-electron chi connectivity index (χ1n) is 9.00. The molecule has 0 unspecified atom stereocenters. The zero-order valence-electron chi connectivity index (χ0n) is 16.2. The Balaban J connectivity index is 1.96. The monoisotopic (exact) mass is 370 g/mol. The van der Waals surface area contributed by atoms with Crippen molar-refractivity contribution in [1.29, 1.82) is 0 Å². The summed E-state index contributed by atoms with van der Waals surface area (Å²) in [6.45, 7) is 5.62. The van der Waals surface area contributed by atoms with Crippen LogP contribution in [0.25, 0.3) is 11.0 Å². The lowest BCUT2D eigenvalue weighted by atomic mass is 10.1. The van der Waals surface area contributed by atoms with Gasteiger partial charge >= 0.3 is 0 Å². The molecule has 0 aliphatic heterocycles. The van der Waals surface area contributed by atoms with Gasteiger partial charge in [-0.15, -0.1) is 0 Å². The highest BCUT2D eigenvalue weighted by atomic mass is 16.5. The molecule has 0 fully saturated rings. The maximum atomic E-state index is 5.88. The van der Waals surface area contributed by atoms with Gasteiger partial charge in [0.2, 0.25) is 5.95 Å². The summed E-state index contributed by atoms with van der Waals surface area (Å²) in [6.07, 6.45) is 2.94. The lowest BCUT2D eigenvalue weighted by Crippen LogP contribution is -2.12. The minimum Gasteiger partial charge on any atom is -0.496 e. The Kier molecular flexibility index (Phi) is 5.63. The Morgan fingerprint density at radius 3 is 2.52 bits per heavy atom. The molecule has 0 radical (unpaired) electrons. The zero-order chi connectivity index (χ0) is 19.4. The van der Waals surface area contributed by atoms with Gasteiger partial charge in [0.15, 0.2) is 11.3 Å². The minimum atomic E-state index is 0.226. The molecule has 3 rings (SSSR count). The number of methoxy groups -OCH3 is 2. The van der Waals surface area contributed by atoms with Gasteiger partial charge in [-0.3, -0.25) is 4.68 Å². The lowest BCUT2D eigenvalue weighted by Gasteiger charge is -2.13. The summed E-state index contributed by atoms with van der Waals surface area (Å²) in [5, 5.41) is 8.01. The Labute approximate surface area is 158 Å². The molecule has 0 saturated carbocycles. The molecule has 0 bridgehead atoms. The van der Waals surface area contributed by atoms with Gasteiger partial charge in [0.25, 0.3) is 0 Å². The number of hydrogen-bond acceptors (Lipinski definition) is 7. The topological polar surface area (TPSA) is 100 Å². The Morgan fingerprint density at radius 1 is 1.19 bits per heavy atom. The van der Waals surface area contributed by atoms with E-state index < -0.39 is 0 Å². The molecule has 1 aromatic carbocycles. The first kappa shape index (κ1) is 18.8. The molecule has 2 heterocycles. The molecule has 8 heteroatoms. The van der Waals surface area contributed by atoms with Gasteiger partial charge in [-0.1, -0.05) is 26.3 Å². The number of rotatable bonds is 8. The Bertz CT molecular complexity index is 902. The van der Waals surface area contributed by atoms with Crippen LogP contribution in [0.15, 0.2) is 24.4 Å². The van der Waals surface area contributed by atoms with E-state index in [-0.39, 0.29) is 5.95 Å². The largest absolute Gasteiger partial charge is 0.496 e. The van der Waals surface area contributed by atoms with Gasteiger partial charge in [0.1, 0.15) is 17.0 Å². The van der Waals surface area contributed by atoms with E-state index in [9.17, 15) is 0 Å². The van der Waals surface area contributed by atoms with Gasteiger partial charge in [-0.25, -0.2) is 4.98 Å². The molecule has 1 atom stereocenters. The van der Waals surface area contributed by atoms with Crippen molar-refractivity contribution < 1.29 is 9.47 Å². The maximum absolute atomic E-state index is 5.88. The van der Waals surface area contributed by atoms with Crippen LogP contribution >= 0.6 is 0 Å². The molecule has 144 valence electrons. The average Bonchev–Trinajstić information content (AvgIpc) is 3.08. The number of ether oxygens (including phenoxy) is 2. The van der Waals surface area contributed by atoms with E-state index in [1.54, 1.807) is 18.9 Å². The van der Waals surface area contributed by atoms with E-state index in [1.807, 2.05) is 24.4 Å². The van der Waals surface area contributed by atoms with Crippen LogP contribution in [-0.2, 0) is 6.54 Å². The standard InChI is InChI=1S/C19H26N6O2/c1-5-12(2)9-21-18-17-14(22-19(20)23-18)11-25(24-17)10-13-15(26-3)7-6-8-16(13)27-4/h6-8,11-12H,5,9-10H2,1-4H3,(H3,20,21,22,23)/t12-/m1/s1. The molecule has 0 spiro atoms. The van der Waals surface area contributed by atoms with Crippen molar-refractivity contribution in [3.63, 3.8) is 0 Å². The fourth-order valence-corrected chi connectivity index (χ4v) is 2.84. The van der Waals surface area contributed by atoms with Crippen molar-refractivity contribution in [2.24, 2.45) is 5.92 Å². The number of nitrogen functional groups attached to an aromatic ring is 1. The normalized spacial score (nSPS) is 12.1. The van der Waals surface area contributed by atoms with Crippen molar-refractivity contribution in [1.82, 2.24) is 19.7 Å². The smallest absolute Gasteiger partial charge is 0.222 e. The molecule has 0 amide bonds. The van der Waals surface area contributed by atoms with Crippen LogP contribution in [0.4, 0.5) is 11.8 Å².